The van der Waals surface area contributed by atoms with Gasteiger partial charge in [-0.05, 0) is 61.1 Å². The predicted molar refractivity (Wildman–Crippen MR) is 115 cm³/mol. The van der Waals surface area contributed by atoms with Crippen LogP contribution in [0, 0.1) is 24.5 Å². The van der Waals surface area contributed by atoms with E-state index in [9.17, 15) is 13.6 Å². The smallest absolute Gasteiger partial charge is 0.352 e. The van der Waals surface area contributed by atoms with Gasteiger partial charge in [0.2, 0.25) is 5.88 Å². The van der Waals surface area contributed by atoms with E-state index >= 15 is 0 Å². The third-order valence-electron chi connectivity index (χ3n) is 5.90. The molecule has 5 rings (SSSR count). The molecule has 2 aromatic carbocycles. The van der Waals surface area contributed by atoms with Gasteiger partial charge in [0.05, 0.1) is 0 Å². The lowest BCUT2D eigenvalue weighted by atomic mass is 9.96. The highest BCUT2D eigenvalue weighted by Crippen LogP contribution is 2.31. The van der Waals surface area contributed by atoms with E-state index in [1.165, 1.54) is 0 Å². The van der Waals surface area contributed by atoms with Crippen molar-refractivity contribution in [1.82, 2.24) is 9.55 Å². The Hall–Kier alpha value is -3.42. The molecular weight excluding hydrogens is 416 g/mol. The fourth-order valence-corrected chi connectivity index (χ4v) is 4.41. The molecule has 0 amide bonds. The summed E-state index contributed by atoms with van der Waals surface area (Å²) in [4.78, 5) is 18.7. The molecule has 1 atom stereocenters. The summed E-state index contributed by atoms with van der Waals surface area (Å²) in [7, 11) is 0. The largest absolute Gasteiger partial charge is 0.473 e. The van der Waals surface area contributed by atoms with Crippen LogP contribution in [0.15, 0.2) is 47.3 Å². The van der Waals surface area contributed by atoms with Crippen LogP contribution in [-0.4, -0.2) is 22.6 Å². The van der Waals surface area contributed by atoms with Gasteiger partial charge in [-0.3, -0.25) is 4.57 Å². The summed E-state index contributed by atoms with van der Waals surface area (Å²) in [6.45, 7) is 4.21. The Kier molecular flexibility index (Phi) is 5.28. The van der Waals surface area contributed by atoms with Crippen LogP contribution in [0.4, 0.5) is 14.6 Å². The zero-order chi connectivity index (χ0) is 22.2. The molecule has 2 aliphatic heterocycles. The standard InChI is InChI=1S/C24H23F2N3O3/c1-15-4-2-6-18(8-15)32-23-19(25)9-17(10-20(23)26)14-31-21-11-22-28-7-3-5-16(12-28)13-29(22)24(30)27-21/h2,4,6,8-11,16H,3,5,7,12-14H2,1H3/t16-/m1/s1. The van der Waals surface area contributed by atoms with Gasteiger partial charge in [0.15, 0.2) is 17.4 Å². The Labute approximate surface area is 184 Å². The molecule has 0 saturated carbocycles. The van der Waals surface area contributed by atoms with Crippen molar-refractivity contribution < 1.29 is 18.3 Å². The minimum absolute atomic E-state index is 0.128. The van der Waals surface area contributed by atoms with Crippen molar-refractivity contribution in [3.05, 3.63) is 75.7 Å². The maximum Gasteiger partial charge on any atom is 0.352 e. The van der Waals surface area contributed by atoms with Crippen LogP contribution in [0.3, 0.4) is 0 Å². The summed E-state index contributed by atoms with van der Waals surface area (Å²) in [6.07, 6.45) is 2.20. The number of piperidine rings is 1. The van der Waals surface area contributed by atoms with Gasteiger partial charge in [0, 0.05) is 25.7 Å². The summed E-state index contributed by atoms with van der Waals surface area (Å²) >= 11 is 0. The number of anilines is 1. The molecule has 3 heterocycles. The first-order valence-corrected chi connectivity index (χ1v) is 10.7. The molecule has 6 nitrogen and oxygen atoms in total. The molecule has 1 fully saturated rings. The van der Waals surface area contributed by atoms with Crippen molar-refractivity contribution in [2.45, 2.75) is 32.9 Å². The molecule has 0 N–H and O–H groups in total. The summed E-state index contributed by atoms with van der Waals surface area (Å²) in [6, 6.07) is 11.0. The zero-order valence-electron chi connectivity index (χ0n) is 17.7. The maximum absolute atomic E-state index is 14.6. The predicted octanol–water partition coefficient (Wildman–Crippen LogP) is 4.43. The number of hydrogen-bond donors (Lipinski definition) is 0. The molecule has 8 heteroatoms. The molecule has 2 bridgehead atoms. The Bertz CT molecular complexity index is 1200. The van der Waals surface area contributed by atoms with E-state index in [1.54, 1.807) is 28.8 Å². The van der Waals surface area contributed by atoms with Crippen molar-refractivity contribution in [2.75, 3.05) is 18.0 Å². The van der Waals surface area contributed by atoms with Crippen molar-refractivity contribution in [3.8, 4) is 17.4 Å². The average Bonchev–Trinajstić information content (AvgIpc) is 2.76. The van der Waals surface area contributed by atoms with Gasteiger partial charge in [-0.1, -0.05) is 12.1 Å². The highest BCUT2D eigenvalue weighted by Gasteiger charge is 2.29. The molecule has 1 saturated heterocycles. The maximum atomic E-state index is 14.6. The van der Waals surface area contributed by atoms with Gasteiger partial charge in [0.25, 0.3) is 0 Å². The third kappa shape index (κ3) is 4.04. The molecule has 0 radical (unpaired) electrons. The minimum Gasteiger partial charge on any atom is -0.473 e. The topological polar surface area (TPSA) is 56.6 Å². The number of benzene rings is 2. The second-order valence-corrected chi connectivity index (χ2v) is 8.40. The molecule has 1 aromatic heterocycles. The Morgan fingerprint density at radius 3 is 2.72 bits per heavy atom. The van der Waals surface area contributed by atoms with Gasteiger partial charge < -0.3 is 14.4 Å². The number of rotatable bonds is 5. The van der Waals surface area contributed by atoms with Gasteiger partial charge >= 0.3 is 5.69 Å². The summed E-state index contributed by atoms with van der Waals surface area (Å²) in [5.41, 5.74) is 0.824. The van der Waals surface area contributed by atoms with Crippen molar-refractivity contribution in [2.24, 2.45) is 5.92 Å². The first-order chi connectivity index (χ1) is 15.5. The van der Waals surface area contributed by atoms with E-state index in [4.69, 9.17) is 9.47 Å². The van der Waals surface area contributed by atoms with E-state index in [0.29, 0.717) is 18.2 Å². The van der Waals surface area contributed by atoms with Crippen LogP contribution in [0.2, 0.25) is 0 Å². The fourth-order valence-electron chi connectivity index (χ4n) is 4.41. The number of ether oxygens (including phenoxy) is 2. The first-order valence-electron chi connectivity index (χ1n) is 10.7. The van der Waals surface area contributed by atoms with Gasteiger partial charge in [0.1, 0.15) is 18.2 Å². The van der Waals surface area contributed by atoms with Gasteiger partial charge in [-0.2, -0.15) is 4.98 Å². The lowest BCUT2D eigenvalue weighted by molar-refractivity contribution is 0.281. The van der Waals surface area contributed by atoms with Crippen molar-refractivity contribution in [3.63, 3.8) is 0 Å². The van der Waals surface area contributed by atoms with Crippen molar-refractivity contribution in [1.29, 1.82) is 0 Å². The van der Waals surface area contributed by atoms with Crippen LogP contribution in [-0.2, 0) is 13.2 Å². The van der Waals surface area contributed by atoms with E-state index in [1.807, 2.05) is 13.0 Å². The Morgan fingerprint density at radius 2 is 1.94 bits per heavy atom. The average molecular weight is 439 g/mol. The zero-order valence-corrected chi connectivity index (χ0v) is 17.7. The lowest BCUT2D eigenvalue weighted by Crippen LogP contribution is -2.46. The number of fused-ring (bicyclic) bond motifs is 4. The first kappa shape index (κ1) is 20.5. The summed E-state index contributed by atoms with van der Waals surface area (Å²) in [5, 5.41) is 0. The molecule has 0 aliphatic carbocycles. The second kappa shape index (κ2) is 8.26. The second-order valence-electron chi connectivity index (χ2n) is 8.40. The van der Waals surface area contributed by atoms with E-state index in [0.717, 1.165) is 49.4 Å². The molecule has 0 spiro atoms. The van der Waals surface area contributed by atoms with Crippen LogP contribution < -0.4 is 20.1 Å². The number of hydrogen-bond acceptors (Lipinski definition) is 5. The van der Waals surface area contributed by atoms with E-state index in [2.05, 4.69) is 9.88 Å². The molecule has 2 aliphatic rings. The van der Waals surface area contributed by atoms with E-state index < -0.39 is 17.4 Å². The highest BCUT2D eigenvalue weighted by molar-refractivity contribution is 5.44. The third-order valence-corrected chi connectivity index (χ3v) is 5.90. The number of nitrogens with zero attached hydrogens (tertiary/aromatic N) is 3. The summed E-state index contributed by atoms with van der Waals surface area (Å²) < 4.78 is 41.8. The lowest BCUT2D eigenvalue weighted by Gasteiger charge is -2.40. The molecule has 32 heavy (non-hydrogen) atoms. The highest BCUT2D eigenvalue weighted by atomic mass is 19.1. The van der Waals surface area contributed by atoms with E-state index in [-0.39, 0.29) is 23.7 Å². The van der Waals surface area contributed by atoms with Gasteiger partial charge in [-0.15, -0.1) is 0 Å². The Morgan fingerprint density at radius 1 is 1.12 bits per heavy atom. The number of aryl methyl sites for hydroxylation is 1. The monoisotopic (exact) mass is 439 g/mol. The molecular formula is C24H23F2N3O3. The van der Waals surface area contributed by atoms with Crippen LogP contribution in [0.25, 0.3) is 0 Å². The molecule has 3 aromatic rings. The Balaban J connectivity index is 1.33. The van der Waals surface area contributed by atoms with Crippen LogP contribution in [0.1, 0.15) is 24.0 Å². The number of aromatic nitrogens is 2. The summed E-state index contributed by atoms with van der Waals surface area (Å²) in [5.74, 6) is -0.379. The van der Waals surface area contributed by atoms with Crippen molar-refractivity contribution >= 4 is 5.82 Å². The molecule has 166 valence electrons. The number of halogens is 2. The quantitative estimate of drug-likeness (QED) is 0.589. The fraction of sp³-hybridized carbons (Fsp3) is 0.333. The molecule has 0 unspecified atom stereocenters. The van der Waals surface area contributed by atoms with Gasteiger partial charge in [-0.25, -0.2) is 13.6 Å². The SMILES string of the molecule is Cc1cccc(Oc2c(F)cc(COc3cc4n(c(=O)n3)C[C@@H]3CCCN4C3)cc2F)c1. The normalized spacial score (nSPS) is 17.1. The van der Waals surface area contributed by atoms with Crippen LogP contribution in [0.5, 0.6) is 17.4 Å². The van der Waals surface area contributed by atoms with Crippen LogP contribution >= 0.6 is 0 Å². The minimum atomic E-state index is -0.831.